The van der Waals surface area contributed by atoms with Crippen LogP contribution >= 0.6 is 0 Å². The Hall–Kier alpha value is -0.770. The van der Waals surface area contributed by atoms with E-state index in [0.29, 0.717) is 12.1 Å². The molecule has 14 heavy (non-hydrogen) atoms. The predicted octanol–water partition coefficient (Wildman–Crippen LogP) is 0.842. The molecule has 2 fully saturated rings. The van der Waals surface area contributed by atoms with E-state index >= 15 is 0 Å². The molecule has 2 rings (SSSR count). The molecule has 0 amide bonds. The van der Waals surface area contributed by atoms with Gasteiger partial charge >= 0.3 is 0 Å². The summed E-state index contributed by atoms with van der Waals surface area (Å²) in [6.45, 7) is 0. The fraction of sp³-hybridized carbons (Fsp3) is 0.900. The fourth-order valence-corrected chi connectivity index (χ4v) is 2.07. The van der Waals surface area contributed by atoms with Gasteiger partial charge in [0.1, 0.15) is 0 Å². The van der Waals surface area contributed by atoms with Crippen molar-refractivity contribution in [2.75, 3.05) is 7.05 Å². The Balaban J connectivity index is 1.95. The molecule has 0 aromatic heterocycles. The third kappa shape index (κ3) is 2.18. The van der Waals surface area contributed by atoms with Gasteiger partial charge in [-0.25, -0.2) is 10.8 Å². The van der Waals surface area contributed by atoms with E-state index in [1.165, 1.54) is 38.5 Å². The third-order valence-electron chi connectivity index (χ3n) is 3.19. The van der Waals surface area contributed by atoms with Crippen LogP contribution in [0.15, 0.2) is 4.99 Å². The molecule has 2 aliphatic rings. The van der Waals surface area contributed by atoms with Crippen LogP contribution in [0.5, 0.6) is 0 Å². The topological polar surface area (TPSA) is 53.6 Å². The van der Waals surface area contributed by atoms with Gasteiger partial charge in [-0.3, -0.25) is 5.43 Å². The van der Waals surface area contributed by atoms with Crippen LogP contribution in [0.4, 0.5) is 0 Å². The number of rotatable bonds is 2. The summed E-state index contributed by atoms with van der Waals surface area (Å²) in [5.74, 6) is 6.37. The number of aliphatic imine (C=N–C) groups is 1. The Morgan fingerprint density at radius 2 is 1.93 bits per heavy atom. The maximum Gasteiger partial charge on any atom is 0.208 e. The maximum atomic E-state index is 5.49. The molecule has 0 aliphatic heterocycles. The smallest absolute Gasteiger partial charge is 0.208 e. The lowest BCUT2D eigenvalue weighted by Gasteiger charge is -2.21. The standard InChI is InChI=1S/C10H20N4/c1-14(9-6-7-9)10(13-11)12-8-4-2-3-5-8/h8-9H,2-7,11H2,1H3,(H,12,13). The Kier molecular flexibility index (Phi) is 2.91. The minimum atomic E-state index is 0.502. The van der Waals surface area contributed by atoms with Crippen LogP contribution in [-0.4, -0.2) is 30.0 Å². The second-order valence-electron chi connectivity index (χ2n) is 4.38. The number of hydrogen-bond donors (Lipinski definition) is 2. The van der Waals surface area contributed by atoms with Crippen LogP contribution in [0.1, 0.15) is 38.5 Å². The van der Waals surface area contributed by atoms with Crippen LogP contribution in [0.25, 0.3) is 0 Å². The summed E-state index contributed by atoms with van der Waals surface area (Å²) in [5.41, 5.74) is 2.73. The quantitative estimate of drug-likeness (QED) is 0.298. The molecule has 0 radical (unpaired) electrons. The molecule has 0 bridgehead atoms. The summed E-state index contributed by atoms with van der Waals surface area (Å²) in [7, 11) is 2.07. The highest BCUT2D eigenvalue weighted by molar-refractivity contribution is 5.79. The van der Waals surface area contributed by atoms with Crippen molar-refractivity contribution in [3.8, 4) is 0 Å². The summed E-state index contributed by atoms with van der Waals surface area (Å²) in [6, 6.07) is 1.17. The third-order valence-corrected chi connectivity index (χ3v) is 3.19. The van der Waals surface area contributed by atoms with Gasteiger partial charge in [-0.2, -0.15) is 0 Å². The van der Waals surface area contributed by atoms with E-state index in [2.05, 4.69) is 22.4 Å². The fourth-order valence-electron chi connectivity index (χ4n) is 2.07. The average Bonchev–Trinajstić information content (AvgIpc) is 2.93. The number of hydrazine groups is 1. The molecule has 0 aromatic carbocycles. The van der Waals surface area contributed by atoms with Crippen molar-refractivity contribution < 1.29 is 0 Å². The summed E-state index contributed by atoms with van der Waals surface area (Å²) >= 11 is 0. The SMILES string of the molecule is CN(C(=NC1CCCC1)NN)C1CC1. The molecule has 0 heterocycles. The predicted molar refractivity (Wildman–Crippen MR) is 57.8 cm³/mol. The van der Waals surface area contributed by atoms with Crippen molar-refractivity contribution in [1.82, 2.24) is 10.3 Å². The Morgan fingerprint density at radius 3 is 2.43 bits per heavy atom. The normalized spacial score (nSPS) is 24.0. The summed E-state index contributed by atoms with van der Waals surface area (Å²) in [6.07, 6.45) is 7.65. The monoisotopic (exact) mass is 196 g/mol. The molecular weight excluding hydrogens is 176 g/mol. The highest BCUT2D eigenvalue weighted by atomic mass is 15.4. The largest absolute Gasteiger partial charge is 0.342 e. The van der Waals surface area contributed by atoms with Gasteiger partial charge in [-0.05, 0) is 25.7 Å². The number of guanidine groups is 1. The van der Waals surface area contributed by atoms with Gasteiger partial charge in [0, 0.05) is 13.1 Å². The van der Waals surface area contributed by atoms with E-state index in [9.17, 15) is 0 Å². The molecule has 0 unspecified atom stereocenters. The Labute approximate surface area is 85.5 Å². The van der Waals surface area contributed by atoms with Gasteiger partial charge in [0.2, 0.25) is 5.96 Å². The van der Waals surface area contributed by atoms with Crippen LogP contribution in [0.2, 0.25) is 0 Å². The zero-order valence-corrected chi connectivity index (χ0v) is 8.87. The van der Waals surface area contributed by atoms with Gasteiger partial charge in [0.25, 0.3) is 0 Å². The first-order valence-corrected chi connectivity index (χ1v) is 5.58. The lowest BCUT2D eigenvalue weighted by atomic mass is 10.3. The van der Waals surface area contributed by atoms with Gasteiger partial charge in [0.15, 0.2) is 0 Å². The number of hydrogen-bond acceptors (Lipinski definition) is 2. The van der Waals surface area contributed by atoms with E-state index in [1.54, 1.807) is 0 Å². The first kappa shape index (κ1) is 9.77. The second-order valence-corrected chi connectivity index (χ2v) is 4.38. The van der Waals surface area contributed by atoms with Crippen molar-refractivity contribution in [3.63, 3.8) is 0 Å². The lowest BCUT2D eigenvalue weighted by molar-refractivity contribution is 0.467. The van der Waals surface area contributed by atoms with Crippen molar-refractivity contribution in [2.24, 2.45) is 10.8 Å². The summed E-state index contributed by atoms with van der Waals surface area (Å²) in [5, 5.41) is 0. The first-order chi connectivity index (χ1) is 6.81. The van der Waals surface area contributed by atoms with Gasteiger partial charge in [-0.15, -0.1) is 0 Å². The van der Waals surface area contributed by atoms with Crippen molar-refractivity contribution in [3.05, 3.63) is 0 Å². The summed E-state index contributed by atoms with van der Waals surface area (Å²) in [4.78, 5) is 6.84. The van der Waals surface area contributed by atoms with Crippen molar-refractivity contribution in [1.29, 1.82) is 0 Å². The first-order valence-electron chi connectivity index (χ1n) is 5.58. The van der Waals surface area contributed by atoms with Gasteiger partial charge < -0.3 is 4.90 Å². The van der Waals surface area contributed by atoms with E-state index in [0.717, 1.165) is 5.96 Å². The van der Waals surface area contributed by atoms with Crippen molar-refractivity contribution >= 4 is 5.96 Å². The highest BCUT2D eigenvalue weighted by Crippen LogP contribution is 2.26. The zero-order chi connectivity index (χ0) is 9.97. The van der Waals surface area contributed by atoms with E-state index in [4.69, 9.17) is 5.84 Å². The summed E-state index contributed by atoms with van der Waals surface area (Å²) < 4.78 is 0. The molecule has 4 heteroatoms. The molecule has 0 aromatic rings. The number of nitrogens with one attached hydrogen (secondary N) is 1. The van der Waals surface area contributed by atoms with E-state index in [1.807, 2.05) is 0 Å². The molecule has 80 valence electrons. The molecule has 0 atom stereocenters. The Morgan fingerprint density at radius 1 is 1.29 bits per heavy atom. The zero-order valence-electron chi connectivity index (χ0n) is 8.87. The van der Waals surface area contributed by atoms with Crippen molar-refractivity contribution in [2.45, 2.75) is 50.6 Å². The molecule has 0 spiro atoms. The molecule has 0 saturated heterocycles. The van der Waals surface area contributed by atoms with Crippen LogP contribution in [-0.2, 0) is 0 Å². The number of nitrogens with zero attached hydrogens (tertiary/aromatic N) is 2. The molecule has 4 nitrogen and oxygen atoms in total. The lowest BCUT2D eigenvalue weighted by Crippen LogP contribution is -2.44. The Bertz CT molecular complexity index is 216. The minimum Gasteiger partial charge on any atom is -0.342 e. The molecular formula is C10H20N4. The van der Waals surface area contributed by atoms with Gasteiger partial charge in [-0.1, -0.05) is 12.8 Å². The van der Waals surface area contributed by atoms with Crippen LogP contribution < -0.4 is 11.3 Å². The highest BCUT2D eigenvalue weighted by Gasteiger charge is 2.28. The van der Waals surface area contributed by atoms with Crippen LogP contribution in [0, 0.1) is 0 Å². The van der Waals surface area contributed by atoms with E-state index in [-0.39, 0.29) is 0 Å². The van der Waals surface area contributed by atoms with Crippen LogP contribution in [0.3, 0.4) is 0 Å². The van der Waals surface area contributed by atoms with Gasteiger partial charge in [0.05, 0.1) is 6.04 Å². The minimum absolute atomic E-state index is 0.502. The molecule has 3 N–H and O–H groups in total. The maximum absolute atomic E-state index is 5.49. The van der Waals surface area contributed by atoms with E-state index < -0.39 is 0 Å². The number of nitrogens with two attached hydrogens (primary N) is 1. The molecule has 2 saturated carbocycles. The molecule has 2 aliphatic carbocycles. The average molecular weight is 196 g/mol. The second kappa shape index (κ2) is 4.17.